The molecule has 2 aromatic heterocycles. The van der Waals surface area contributed by atoms with Gasteiger partial charge in [-0.3, -0.25) is 14.6 Å². The minimum atomic E-state index is -0.852. The fourth-order valence-electron chi connectivity index (χ4n) is 3.28. The average Bonchev–Trinajstić information content (AvgIpc) is 3.31. The summed E-state index contributed by atoms with van der Waals surface area (Å²) in [4.78, 5) is 32.7. The molecule has 30 heavy (non-hydrogen) atoms. The predicted octanol–water partition coefficient (Wildman–Crippen LogP) is 1.74. The molecule has 154 valence electrons. The SMILES string of the molecule is CC1(C)COB([C@H](Cc2coc3ccccc23)NC(=O)C(=O)Nc2cnccn2)O1. The Morgan fingerprint density at radius 2 is 2.07 bits per heavy atom. The first-order chi connectivity index (χ1) is 14.4. The van der Waals surface area contributed by atoms with Crippen molar-refractivity contribution in [3.63, 3.8) is 0 Å². The molecule has 0 radical (unpaired) electrons. The molecule has 3 heterocycles. The molecule has 2 amide bonds. The molecule has 0 saturated carbocycles. The van der Waals surface area contributed by atoms with E-state index in [9.17, 15) is 9.59 Å². The molecule has 0 unspecified atom stereocenters. The third-order valence-corrected chi connectivity index (χ3v) is 4.69. The van der Waals surface area contributed by atoms with Crippen LogP contribution in [0.15, 0.2) is 53.5 Å². The van der Waals surface area contributed by atoms with Gasteiger partial charge in [0.1, 0.15) is 5.58 Å². The van der Waals surface area contributed by atoms with Gasteiger partial charge in [0.15, 0.2) is 5.82 Å². The Bertz CT molecular complexity index is 1060. The first kappa shape index (κ1) is 20.1. The van der Waals surface area contributed by atoms with Gasteiger partial charge in [-0.2, -0.15) is 0 Å². The topological polar surface area (TPSA) is 116 Å². The largest absolute Gasteiger partial charge is 0.481 e. The molecular formula is C20H21BN4O5. The number of aromatic nitrogens is 2. The summed E-state index contributed by atoms with van der Waals surface area (Å²) in [6.07, 6.45) is 6.25. The van der Waals surface area contributed by atoms with E-state index in [1.807, 2.05) is 38.1 Å². The second-order valence-electron chi connectivity index (χ2n) is 7.64. The van der Waals surface area contributed by atoms with Crippen molar-refractivity contribution < 1.29 is 23.3 Å². The number of hydrogen-bond acceptors (Lipinski definition) is 7. The van der Waals surface area contributed by atoms with Gasteiger partial charge in [0.2, 0.25) is 0 Å². The molecule has 1 aliphatic rings. The molecule has 9 nitrogen and oxygen atoms in total. The number of carbonyl (C=O) groups excluding carboxylic acids is 2. The number of nitrogens with zero attached hydrogens (tertiary/aromatic N) is 2. The first-order valence-corrected chi connectivity index (χ1v) is 9.54. The average molecular weight is 408 g/mol. The van der Waals surface area contributed by atoms with Crippen LogP contribution < -0.4 is 10.6 Å². The smallest absolute Gasteiger partial charge is 0.464 e. The summed E-state index contributed by atoms with van der Waals surface area (Å²) in [5.74, 6) is -2.09. The number of benzene rings is 1. The van der Waals surface area contributed by atoms with Crippen LogP contribution in [0.2, 0.25) is 0 Å². The van der Waals surface area contributed by atoms with Gasteiger partial charge in [-0.15, -0.1) is 0 Å². The van der Waals surface area contributed by atoms with Crippen molar-refractivity contribution in [3.8, 4) is 0 Å². The van der Waals surface area contributed by atoms with Crippen molar-refractivity contribution in [1.82, 2.24) is 15.3 Å². The maximum absolute atomic E-state index is 12.6. The molecule has 0 spiro atoms. The minimum absolute atomic E-state index is 0.185. The molecule has 1 aromatic carbocycles. The van der Waals surface area contributed by atoms with Crippen molar-refractivity contribution in [2.24, 2.45) is 0 Å². The van der Waals surface area contributed by atoms with Crippen LogP contribution >= 0.6 is 0 Å². The molecule has 4 rings (SSSR count). The van der Waals surface area contributed by atoms with Gasteiger partial charge in [-0.1, -0.05) is 18.2 Å². The molecule has 1 saturated heterocycles. The Morgan fingerprint density at radius 1 is 1.23 bits per heavy atom. The van der Waals surface area contributed by atoms with E-state index in [1.54, 1.807) is 6.26 Å². The molecule has 10 heteroatoms. The number of furan rings is 1. The van der Waals surface area contributed by atoms with Crippen LogP contribution in [-0.2, 0) is 25.3 Å². The van der Waals surface area contributed by atoms with Gasteiger partial charge in [-0.05, 0) is 31.9 Å². The summed E-state index contributed by atoms with van der Waals surface area (Å²) >= 11 is 0. The third kappa shape index (κ3) is 4.50. The molecule has 1 fully saturated rings. The summed E-state index contributed by atoms with van der Waals surface area (Å²) in [5.41, 5.74) is 1.13. The second-order valence-corrected chi connectivity index (χ2v) is 7.64. The Kier molecular flexibility index (Phi) is 5.51. The van der Waals surface area contributed by atoms with Crippen LogP contribution in [0, 0.1) is 0 Å². The van der Waals surface area contributed by atoms with Gasteiger partial charge in [0.25, 0.3) is 0 Å². The van der Waals surface area contributed by atoms with Crippen LogP contribution in [0.1, 0.15) is 19.4 Å². The monoisotopic (exact) mass is 408 g/mol. The van der Waals surface area contributed by atoms with E-state index in [4.69, 9.17) is 13.7 Å². The zero-order valence-corrected chi connectivity index (χ0v) is 16.6. The lowest BCUT2D eigenvalue weighted by molar-refractivity contribution is -0.136. The lowest BCUT2D eigenvalue weighted by Gasteiger charge is -2.22. The highest BCUT2D eigenvalue weighted by Crippen LogP contribution is 2.26. The summed E-state index contributed by atoms with van der Waals surface area (Å²) in [6.45, 7) is 4.18. The molecule has 1 aliphatic heterocycles. The van der Waals surface area contributed by atoms with E-state index >= 15 is 0 Å². The Morgan fingerprint density at radius 3 is 2.80 bits per heavy atom. The molecular weight excluding hydrogens is 387 g/mol. The molecule has 0 bridgehead atoms. The summed E-state index contributed by atoms with van der Waals surface area (Å²) in [7, 11) is -0.707. The normalized spacial score (nSPS) is 16.4. The quantitative estimate of drug-likeness (QED) is 0.488. The second kappa shape index (κ2) is 8.25. The van der Waals surface area contributed by atoms with Crippen LogP contribution in [0.4, 0.5) is 5.82 Å². The predicted molar refractivity (Wildman–Crippen MR) is 109 cm³/mol. The molecule has 0 aliphatic carbocycles. The maximum Gasteiger partial charge on any atom is 0.481 e. The number of anilines is 1. The van der Waals surface area contributed by atoms with Crippen LogP contribution in [0.25, 0.3) is 11.0 Å². The fourth-order valence-corrected chi connectivity index (χ4v) is 3.28. The molecule has 2 N–H and O–H groups in total. The van der Waals surface area contributed by atoms with Crippen LogP contribution in [-0.4, -0.2) is 47.0 Å². The number of amides is 2. The number of para-hydroxylation sites is 1. The highest BCUT2D eigenvalue weighted by atomic mass is 16.7. The molecule has 3 aromatic rings. The lowest BCUT2D eigenvalue weighted by atomic mass is 9.74. The van der Waals surface area contributed by atoms with E-state index in [-0.39, 0.29) is 5.82 Å². The standard InChI is InChI=1S/C20H21BN4O5/c1-20(2)12-29-21(30-20)16(9-13-11-28-15-6-4-3-5-14(13)15)24-18(26)19(27)25-17-10-22-7-8-23-17/h3-8,10-11,16H,9,12H2,1-2H3,(H,24,26)(H,23,25,27)/t16-/m0/s1. The highest BCUT2D eigenvalue weighted by Gasteiger charge is 2.44. The third-order valence-electron chi connectivity index (χ3n) is 4.69. The van der Waals surface area contributed by atoms with Crippen molar-refractivity contribution in [3.05, 3.63) is 54.7 Å². The van der Waals surface area contributed by atoms with Gasteiger partial charge < -0.3 is 24.4 Å². The van der Waals surface area contributed by atoms with E-state index < -0.39 is 30.5 Å². The summed E-state index contributed by atoms with van der Waals surface area (Å²) in [6, 6.07) is 7.60. The number of rotatable bonds is 5. The fraction of sp³-hybridized carbons (Fsp3) is 0.300. The minimum Gasteiger partial charge on any atom is -0.464 e. The number of nitrogens with one attached hydrogen (secondary N) is 2. The van der Waals surface area contributed by atoms with Crippen LogP contribution in [0.3, 0.4) is 0 Å². The Hall–Kier alpha value is -3.24. The maximum atomic E-state index is 12.6. The zero-order chi connectivity index (χ0) is 21.1. The number of hydrogen-bond donors (Lipinski definition) is 2. The van der Waals surface area contributed by atoms with Gasteiger partial charge >= 0.3 is 18.9 Å². The Balaban J connectivity index is 1.51. The summed E-state index contributed by atoms with van der Waals surface area (Å²) < 4.78 is 17.3. The molecule has 1 atom stereocenters. The number of carbonyl (C=O) groups is 2. The van der Waals surface area contributed by atoms with Crippen molar-refractivity contribution in [2.45, 2.75) is 31.8 Å². The van der Waals surface area contributed by atoms with Crippen LogP contribution in [0.5, 0.6) is 0 Å². The van der Waals surface area contributed by atoms with Gasteiger partial charge in [0, 0.05) is 17.8 Å². The van der Waals surface area contributed by atoms with E-state index in [2.05, 4.69) is 20.6 Å². The van der Waals surface area contributed by atoms with E-state index in [1.165, 1.54) is 18.6 Å². The van der Waals surface area contributed by atoms with Gasteiger partial charge in [-0.25, -0.2) is 4.98 Å². The highest BCUT2D eigenvalue weighted by molar-refractivity contribution is 6.49. The Labute approximate surface area is 173 Å². The number of fused-ring (bicyclic) bond motifs is 1. The van der Waals surface area contributed by atoms with Gasteiger partial charge in [0.05, 0.1) is 30.6 Å². The van der Waals surface area contributed by atoms with Crippen molar-refractivity contribution in [2.75, 3.05) is 11.9 Å². The summed E-state index contributed by atoms with van der Waals surface area (Å²) in [5, 5.41) is 6.08. The van der Waals surface area contributed by atoms with E-state index in [0.717, 1.165) is 16.5 Å². The van der Waals surface area contributed by atoms with Crippen molar-refractivity contribution >= 4 is 35.7 Å². The van der Waals surface area contributed by atoms with Crippen molar-refractivity contribution in [1.29, 1.82) is 0 Å². The van der Waals surface area contributed by atoms with E-state index in [0.29, 0.717) is 13.0 Å². The first-order valence-electron chi connectivity index (χ1n) is 9.54. The zero-order valence-electron chi connectivity index (χ0n) is 16.6. The lowest BCUT2D eigenvalue weighted by Crippen LogP contribution is -2.52.